The molecule has 16 heavy (non-hydrogen) atoms. The largest absolute Gasteiger partial charge is 0.508 e. The van der Waals surface area contributed by atoms with Crippen LogP contribution in [0.3, 0.4) is 0 Å². The fourth-order valence-electron chi connectivity index (χ4n) is 2.47. The second-order valence-electron chi connectivity index (χ2n) is 4.44. The van der Waals surface area contributed by atoms with Crippen LogP contribution in [0.25, 0.3) is 0 Å². The summed E-state index contributed by atoms with van der Waals surface area (Å²) < 4.78 is 5.82. The molecule has 1 spiro atoms. The van der Waals surface area contributed by atoms with Crippen molar-refractivity contribution in [2.24, 2.45) is 0 Å². The Morgan fingerprint density at radius 1 is 1.31 bits per heavy atom. The Kier molecular flexibility index (Phi) is 1.87. The van der Waals surface area contributed by atoms with Gasteiger partial charge in [0.15, 0.2) is 5.60 Å². The summed E-state index contributed by atoms with van der Waals surface area (Å²) >= 11 is 0. The van der Waals surface area contributed by atoms with E-state index in [4.69, 9.17) is 4.74 Å². The maximum Gasteiger partial charge on any atom is 0.268 e. The van der Waals surface area contributed by atoms with Crippen LogP contribution in [-0.4, -0.2) is 16.6 Å². The molecule has 4 heteroatoms. The van der Waals surface area contributed by atoms with Gasteiger partial charge in [-0.1, -0.05) is 0 Å². The van der Waals surface area contributed by atoms with E-state index in [0.717, 1.165) is 25.7 Å². The lowest BCUT2D eigenvalue weighted by Crippen LogP contribution is -2.48. The topological polar surface area (TPSA) is 58.6 Å². The number of anilines is 1. The van der Waals surface area contributed by atoms with Crippen LogP contribution in [0.2, 0.25) is 0 Å². The molecule has 0 saturated heterocycles. The lowest BCUT2D eigenvalue weighted by Gasteiger charge is -2.34. The van der Waals surface area contributed by atoms with E-state index in [9.17, 15) is 9.90 Å². The van der Waals surface area contributed by atoms with Crippen molar-refractivity contribution < 1.29 is 14.6 Å². The number of ether oxygens (including phenoxy) is 1. The predicted molar refractivity (Wildman–Crippen MR) is 58.6 cm³/mol. The van der Waals surface area contributed by atoms with Crippen LogP contribution in [0.5, 0.6) is 11.5 Å². The summed E-state index contributed by atoms with van der Waals surface area (Å²) in [4.78, 5) is 12.0. The quantitative estimate of drug-likeness (QED) is 0.702. The average molecular weight is 219 g/mol. The molecule has 1 aromatic rings. The van der Waals surface area contributed by atoms with Crippen LogP contribution in [0.4, 0.5) is 5.69 Å². The summed E-state index contributed by atoms with van der Waals surface area (Å²) in [5, 5.41) is 12.1. The number of carbonyl (C=O) groups excluding carboxylic acids is 1. The van der Waals surface area contributed by atoms with E-state index < -0.39 is 5.60 Å². The molecule has 3 rings (SSSR count). The van der Waals surface area contributed by atoms with E-state index in [0.29, 0.717) is 11.4 Å². The number of nitrogens with one attached hydrogen (secondary N) is 1. The monoisotopic (exact) mass is 219 g/mol. The molecule has 0 atom stereocenters. The number of benzene rings is 1. The summed E-state index contributed by atoms with van der Waals surface area (Å²) in [5.41, 5.74) is -0.105. The van der Waals surface area contributed by atoms with Gasteiger partial charge in [0.25, 0.3) is 5.91 Å². The third kappa shape index (κ3) is 1.26. The maximum atomic E-state index is 12.0. The van der Waals surface area contributed by atoms with Crippen molar-refractivity contribution in [1.29, 1.82) is 0 Å². The van der Waals surface area contributed by atoms with Gasteiger partial charge in [0.1, 0.15) is 11.5 Å². The lowest BCUT2D eigenvalue weighted by molar-refractivity contribution is -0.131. The van der Waals surface area contributed by atoms with E-state index in [1.54, 1.807) is 12.1 Å². The van der Waals surface area contributed by atoms with Gasteiger partial charge in [-0.3, -0.25) is 4.79 Å². The number of aromatic hydroxyl groups is 1. The molecule has 1 fully saturated rings. The number of hydrogen-bond acceptors (Lipinski definition) is 3. The van der Waals surface area contributed by atoms with E-state index in [2.05, 4.69) is 5.32 Å². The van der Waals surface area contributed by atoms with Gasteiger partial charge in [0, 0.05) is 6.07 Å². The van der Waals surface area contributed by atoms with Crippen LogP contribution in [0.1, 0.15) is 25.7 Å². The third-order valence-electron chi connectivity index (χ3n) is 3.34. The zero-order chi connectivity index (χ0) is 11.2. The molecule has 1 heterocycles. The van der Waals surface area contributed by atoms with Gasteiger partial charge in [-0.15, -0.1) is 0 Å². The number of fused-ring (bicyclic) bond motifs is 1. The zero-order valence-electron chi connectivity index (χ0n) is 8.82. The number of phenols is 1. The molecule has 4 nitrogen and oxygen atoms in total. The Balaban J connectivity index is 2.01. The van der Waals surface area contributed by atoms with Crippen molar-refractivity contribution in [1.82, 2.24) is 0 Å². The summed E-state index contributed by atoms with van der Waals surface area (Å²) in [5.74, 6) is 0.701. The third-order valence-corrected chi connectivity index (χ3v) is 3.34. The molecular weight excluding hydrogens is 206 g/mol. The van der Waals surface area contributed by atoms with E-state index in [-0.39, 0.29) is 11.7 Å². The average Bonchev–Trinajstić information content (AvgIpc) is 2.70. The molecule has 1 aliphatic heterocycles. The van der Waals surface area contributed by atoms with Gasteiger partial charge < -0.3 is 15.2 Å². The molecule has 1 saturated carbocycles. The standard InChI is InChI=1S/C12H13NO3/c14-8-3-4-10-9(7-8)13-11(15)12(16-10)5-1-2-6-12/h3-4,7,14H,1-2,5-6H2,(H,13,15). The number of rotatable bonds is 0. The van der Waals surface area contributed by atoms with Gasteiger partial charge in [-0.25, -0.2) is 0 Å². The van der Waals surface area contributed by atoms with E-state index in [1.165, 1.54) is 6.07 Å². The Labute approximate surface area is 93.2 Å². The van der Waals surface area contributed by atoms with Gasteiger partial charge >= 0.3 is 0 Å². The molecule has 2 aliphatic rings. The predicted octanol–water partition coefficient (Wildman–Crippen LogP) is 2.04. The Hall–Kier alpha value is -1.71. The van der Waals surface area contributed by atoms with Gasteiger partial charge in [-0.05, 0) is 37.8 Å². The van der Waals surface area contributed by atoms with Crippen LogP contribution in [0.15, 0.2) is 18.2 Å². The highest BCUT2D eigenvalue weighted by molar-refractivity contribution is 6.01. The van der Waals surface area contributed by atoms with Crippen molar-refractivity contribution >= 4 is 11.6 Å². The highest BCUT2D eigenvalue weighted by Gasteiger charge is 2.46. The Bertz CT molecular complexity index is 450. The summed E-state index contributed by atoms with van der Waals surface area (Å²) in [6.07, 6.45) is 3.61. The summed E-state index contributed by atoms with van der Waals surface area (Å²) in [6, 6.07) is 4.78. The van der Waals surface area contributed by atoms with Crippen LogP contribution in [-0.2, 0) is 4.79 Å². The highest BCUT2D eigenvalue weighted by atomic mass is 16.5. The lowest BCUT2D eigenvalue weighted by atomic mass is 9.98. The fraction of sp³-hybridized carbons (Fsp3) is 0.417. The minimum atomic E-state index is -0.663. The number of carbonyl (C=O) groups is 1. The van der Waals surface area contributed by atoms with Crippen molar-refractivity contribution in [2.75, 3.05) is 5.32 Å². The zero-order valence-corrected chi connectivity index (χ0v) is 8.82. The molecule has 1 amide bonds. The van der Waals surface area contributed by atoms with Crippen LogP contribution < -0.4 is 10.1 Å². The molecule has 0 unspecified atom stereocenters. The first-order valence-electron chi connectivity index (χ1n) is 5.53. The normalized spacial score (nSPS) is 21.4. The molecule has 0 bridgehead atoms. The van der Waals surface area contributed by atoms with Gasteiger partial charge in [0.05, 0.1) is 5.69 Å². The molecule has 2 N–H and O–H groups in total. The highest BCUT2D eigenvalue weighted by Crippen LogP contribution is 2.42. The number of amides is 1. The molecule has 1 aromatic carbocycles. The second-order valence-corrected chi connectivity index (χ2v) is 4.44. The first kappa shape index (κ1) is 9.51. The fourth-order valence-corrected chi connectivity index (χ4v) is 2.47. The minimum Gasteiger partial charge on any atom is -0.508 e. The van der Waals surface area contributed by atoms with Gasteiger partial charge in [-0.2, -0.15) is 0 Å². The summed E-state index contributed by atoms with van der Waals surface area (Å²) in [7, 11) is 0. The number of phenolic OH excluding ortho intramolecular Hbond substituents is 1. The molecule has 0 aromatic heterocycles. The van der Waals surface area contributed by atoms with Crippen molar-refractivity contribution in [3.8, 4) is 11.5 Å². The Morgan fingerprint density at radius 2 is 2.06 bits per heavy atom. The van der Waals surface area contributed by atoms with E-state index >= 15 is 0 Å². The SMILES string of the molecule is O=C1Nc2cc(O)ccc2OC12CCCC2. The van der Waals surface area contributed by atoms with Gasteiger partial charge in [0.2, 0.25) is 0 Å². The number of hydrogen-bond donors (Lipinski definition) is 2. The first-order valence-corrected chi connectivity index (χ1v) is 5.53. The van der Waals surface area contributed by atoms with E-state index in [1.807, 2.05) is 0 Å². The Morgan fingerprint density at radius 3 is 2.81 bits per heavy atom. The maximum absolute atomic E-state index is 12.0. The minimum absolute atomic E-state index is 0.0805. The first-order chi connectivity index (χ1) is 7.70. The van der Waals surface area contributed by atoms with Crippen molar-refractivity contribution in [2.45, 2.75) is 31.3 Å². The summed E-state index contributed by atoms with van der Waals surface area (Å²) in [6.45, 7) is 0. The van der Waals surface area contributed by atoms with Crippen molar-refractivity contribution in [3.05, 3.63) is 18.2 Å². The van der Waals surface area contributed by atoms with Crippen LogP contribution >= 0.6 is 0 Å². The molecule has 0 radical (unpaired) electrons. The second kappa shape index (κ2) is 3.14. The molecule has 1 aliphatic carbocycles. The van der Waals surface area contributed by atoms with Crippen molar-refractivity contribution in [3.63, 3.8) is 0 Å². The van der Waals surface area contributed by atoms with Crippen LogP contribution in [0, 0.1) is 0 Å². The smallest absolute Gasteiger partial charge is 0.268 e. The molecular formula is C12H13NO3. The molecule has 84 valence electrons.